The van der Waals surface area contributed by atoms with Crippen molar-refractivity contribution >= 4 is 16.0 Å². The topological polar surface area (TPSA) is 74.7 Å². The Morgan fingerprint density at radius 3 is 2.57 bits per heavy atom. The van der Waals surface area contributed by atoms with Crippen LogP contribution in [0.1, 0.15) is 25.3 Å². The Labute approximate surface area is 123 Å². The van der Waals surface area contributed by atoms with Gasteiger partial charge in [-0.05, 0) is 37.5 Å². The molecule has 1 aliphatic rings. The van der Waals surface area contributed by atoms with Gasteiger partial charge >= 0.3 is 5.97 Å². The van der Waals surface area contributed by atoms with Crippen molar-refractivity contribution in [3.8, 4) is 0 Å². The molecule has 1 aliphatic heterocycles. The fourth-order valence-electron chi connectivity index (χ4n) is 2.49. The van der Waals surface area contributed by atoms with Gasteiger partial charge in [0, 0.05) is 13.1 Å². The molecule has 5 nitrogen and oxygen atoms in total. The largest absolute Gasteiger partial charge is 0.481 e. The van der Waals surface area contributed by atoms with Gasteiger partial charge in [0.25, 0.3) is 0 Å². The number of nitrogens with zero attached hydrogens (tertiary/aromatic N) is 1. The van der Waals surface area contributed by atoms with Crippen LogP contribution in [0, 0.1) is 11.2 Å². The lowest BCUT2D eigenvalue weighted by molar-refractivity contribution is -0.150. The molecule has 0 aliphatic carbocycles. The maximum Gasteiger partial charge on any atom is 0.310 e. The van der Waals surface area contributed by atoms with Crippen molar-refractivity contribution in [2.75, 3.05) is 13.1 Å². The predicted molar refractivity (Wildman–Crippen MR) is 75.6 cm³/mol. The molecule has 0 spiro atoms. The second kappa shape index (κ2) is 5.73. The van der Waals surface area contributed by atoms with Crippen LogP contribution in [-0.2, 0) is 20.6 Å². The van der Waals surface area contributed by atoms with Crippen molar-refractivity contribution in [2.24, 2.45) is 5.41 Å². The number of hydrogen-bond acceptors (Lipinski definition) is 3. The van der Waals surface area contributed by atoms with E-state index < -0.39 is 27.2 Å². The lowest BCUT2D eigenvalue weighted by Gasteiger charge is -2.36. The molecule has 1 fully saturated rings. The van der Waals surface area contributed by atoms with Crippen molar-refractivity contribution < 1.29 is 22.7 Å². The van der Waals surface area contributed by atoms with Gasteiger partial charge in [0.15, 0.2) is 0 Å². The van der Waals surface area contributed by atoms with Crippen molar-refractivity contribution in [2.45, 2.75) is 25.5 Å². The third kappa shape index (κ3) is 3.59. The van der Waals surface area contributed by atoms with Crippen LogP contribution in [0.3, 0.4) is 0 Å². The van der Waals surface area contributed by atoms with Crippen LogP contribution in [0.25, 0.3) is 0 Å². The Morgan fingerprint density at radius 1 is 1.38 bits per heavy atom. The highest BCUT2D eigenvalue weighted by atomic mass is 32.2. The molecule has 1 saturated heterocycles. The Morgan fingerprint density at radius 2 is 2.00 bits per heavy atom. The molecule has 0 bridgehead atoms. The van der Waals surface area contributed by atoms with E-state index in [0.717, 1.165) is 0 Å². The second-order valence-corrected chi connectivity index (χ2v) is 7.65. The van der Waals surface area contributed by atoms with Crippen LogP contribution < -0.4 is 0 Å². The first-order chi connectivity index (χ1) is 9.73. The first kappa shape index (κ1) is 15.9. The van der Waals surface area contributed by atoms with Crippen LogP contribution in [0.15, 0.2) is 24.3 Å². The van der Waals surface area contributed by atoms with Crippen LogP contribution >= 0.6 is 0 Å². The number of benzene rings is 1. The highest BCUT2D eigenvalue weighted by molar-refractivity contribution is 7.88. The van der Waals surface area contributed by atoms with E-state index in [-0.39, 0.29) is 12.3 Å². The van der Waals surface area contributed by atoms with E-state index in [4.69, 9.17) is 0 Å². The van der Waals surface area contributed by atoms with Crippen molar-refractivity contribution in [3.63, 3.8) is 0 Å². The minimum absolute atomic E-state index is 0.0220. The third-order valence-electron chi connectivity index (χ3n) is 3.83. The number of hydrogen-bond donors (Lipinski definition) is 1. The fourth-order valence-corrected chi connectivity index (χ4v) is 4.17. The molecule has 0 radical (unpaired) electrons. The monoisotopic (exact) mass is 315 g/mol. The summed E-state index contributed by atoms with van der Waals surface area (Å²) in [5, 5.41) is 9.24. The fraction of sp³-hybridized carbons (Fsp3) is 0.500. The predicted octanol–water partition coefficient (Wildman–Crippen LogP) is 1.84. The van der Waals surface area contributed by atoms with Crippen LogP contribution in [0.2, 0.25) is 0 Å². The first-order valence-electron chi connectivity index (χ1n) is 6.69. The average Bonchev–Trinajstić information content (AvgIpc) is 2.41. The number of aliphatic carboxylic acids is 1. The van der Waals surface area contributed by atoms with Gasteiger partial charge in [-0.1, -0.05) is 12.1 Å². The molecular formula is C14H18FNO4S. The SMILES string of the molecule is CC1(C(=O)O)CCCN(S(=O)(=O)Cc2ccc(F)cc2)C1. The summed E-state index contributed by atoms with van der Waals surface area (Å²) >= 11 is 0. The Bertz CT molecular complexity index is 629. The first-order valence-corrected chi connectivity index (χ1v) is 8.29. The Balaban J connectivity index is 2.15. The van der Waals surface area contributed by atoms with Gasteiger partial charge in [-0.2, -0.15) is 0 Å². The molecular weight excluding hydrogens is 297 g/mol. The van der Waals surface area contributed by atoms with Gasteiger partial charge in [-0.25, -0.2) is 17.1 Å². The summed E-state index contributed by atoms with van der Waals surface area (Å²) in [6, 6.07) is 5.27. The second-order valence-electron chi connectivity index (χ2n) is 5.69. The number of carboxylic acids is 1. The van der Waals surface area contributed by atoms with E-state index in [1.165, 1.54) is 28.6 Å². The third-order valence-corrected chi connectivity index (χ3v) is 5.63. The summed E-state index contributed by atoms with van der Waals surface area (Å²) in [6.07, 6.45) is 0.982. The minimum Gasteiger partial charge on any atom is -0.481 e. The number of carboxylic acid groups (broad SMARTS) is 1. The zero-order valence-electron chi connectivity index (χ0n) is 11.8. The lowest BCUT2D eigenvalue weighted by Crippen LogP contribution is -2.48. The molecule has 1 N–H and O–H groups in total. The van der Waals surface area contributed by atoms with Crippen molar-refractivity contribution in [1.29, 1.82) is 0 Å². The van der Waals surface area contributed by atoms with Gasteiger partial charge in [0.2, 0.25) is 10.0 Å². The van der Waals surface area contributed by atoms with Gasteiger partial charge in [0.1, 0.15) is 5.82 Å². The van der Waals surface area contributed by atoms with Gasteiger partial charge in [-0.3, -0.25) is 4.79 Å². The molecule has 7 heteroatoms. The van der Waals surface area contributed by atoms with Crippen molar-refractivity contribution in [3.05, 3.63) is 35.6 Å². The average molecular weight is 315 g/mol. The number of sulfonamides is 1. The Kier molecular flexibility index (Phi) is 4.34. The maximum absolute atomic E-state index is 12.8. The highest BCUT2D eigenvalue weighted by Crippen LogP contribution is 2.31. The molecule has 0 aromatic heterocycles. The standard InChI is InChI=1S/C14H18FNO4S/c1-14(13(17)18)7-2-8-16(10-14)21(19,20)9-11-3-5-12(15)6-4-11/h3-6H,2,7-10H2,1H3,(H,17,18). The molecule has 21 heavy (non-hydrogen) atoms. The number of carbonyl (C=O) groups is 1. The van der Waals surface area contributed by atoms with E-state index in [2.05, 4.69) is 0 Å². The van der Waals surface area contributed by atoms with Crippen LogP contribution in [0.4, 0.5) is 4.39 Å². The smallest absolute Gasteiger partial charge is 0.310 e. The highest BCUT2D eigenvalue weighted by Gasteiger charge is 2.41. The molecule has 1 atom stereocenters. The van der Waals surface area contributed by atoms with Gasteiger partial charge in [-0.15, -0.1) is 0 Å². The normalized spacial score (nSPS) is 23.9. The van der Waals surface area contributed by atoms with Crippen LogP contribution in [0.5, 0.6) is 0 Å². The summed E-state index contributed by atoms with van der Waals surface area (Å²) in [6.45, 7) is 1.87. The Hall–Kier alpha value is -1.47. The van der Waals surface area contributed by atoms with E-state index in [1.807, 2.05) is 0 Å². The maximum atomic E-state index is 12.8. The number of rotatable bonds is 4. The quantitative estimate of drug-likeness (QED) is 0.920. The van der Waals surface area contributed by atoms with E-state index in [0.29, 0.717) is 24.9 Å². The molecule has 1 aromatic carbocycles. The summed E-state index contributed by atoms with van der Waals surface area (Å²) in [7, 11) is -3.61. The minimum atomic E-state index is -3.61. The number of piperidine rings is 1. The zero-order valence-corrected chi connectivity index (χ0v) is 12.6. The van der Waals surface area contributed by atoms with E-state index >= 15 is 0 Å². The summed E-state index contributed by atoms with van der Waals surface area (Å²) in [5.74, 6) is -1.65. The molecule has 0 saturated carbocycles. The van der Waals surface area contributed by atoms with Crippen molar-refractivity contribution in [1.82, 2.24) is 4.31 Å². The molecule has 1 aromatic rings. The van der Waals surface area contributed by atoms with Gasteiger partial charge < -0.3 is 5.11 Å². The number of halogens is 1. The van der Waals surface area contributed by atoms with E-state index in [1.54, 1.807) is 6.92 Å². The molecule has 0 amide bonds. The summed E-state index contributed by atoms with van der Waals surface area (Å²) < 4.78 is 38.8. The zero-order chi connectivity index (χ0) is 15.7. The lowest BCUT2D eigenvalue weighted by atomic mass is 9.83. The molecule has 116 valence electrons. The van der Waals surface area contributed by atoms with Crippen LogP contribution in [-0.4, -0.2) is 36.9 Å². The summed E-state index contributed by atoms with van der Waals surface area (Å²) in [4.78, 5) is 11.3. The molecule has 1 unspecified atom stereocenters. The molecule has 1 heterocycles. The van der Waals surface area contributed by atoms with Gasteiger partial charge in [0.05, 0.1) is 11.2 Å². The molecule has 2 rings (SSSR count). The van der Waals surface area contributed by atoms with E-state index in [9.17, 15) is 22.7 Å². The summed E-state index contributed by atoms with van der Waals surface area (Å²) in [5.41, 5.74) is -0.562.